The molecule has 1 aliphatic heterocycles. The Balaban J connectivity index is 1.45. The molecule has 1 aliphatic rings. The molecular formula is C36H33FN2O2S. The first-order valence-electron chi connectivity index (χ1n) is 14.1. The SMILES string of the molecule is C=CCc1cc(/C=C2\SC(=Nc3ccc(CC)cc3)N(c3ccc(CC)cc3)C2=O)ccc1OCc1cccc(F)c1. The average Bonchev–Trinajstić information content (AvgIpc) is 3.31. The lowest BCUT2D eigenvalue weighted by molar-refractivity contribution is -0.113. The van der Waals surface area contributed by atoms with Gasteiger partial charge in [-0.05, 0) is 113 Å². The molecule has 0 unspecified atom stereocenters. The van der Waals surface area contributed by atoms with Crippen molar-refractivity contribution in [2.45, 2.75) is 39.7 Å². The molecule has 1 saturated heterocycles. The van der Waals surface area contributed by atoms with Gasteiger partial charge in [0.1, 0.15) is 18.2 Å². The lowest BCUT2D eigenvalue weighted by atomic mass is 10.1. The number of rotatable bonds is 10. The lowest BCUT2D eigenvalue weighted by Crippen LogP contribution is -2.28. The van der Waals surface area contributed by atoms with E-state index in [1.54, 1.807) is 11.0 Å². The number of nitrogens with zero attached hydrogens (tertiary/aromatic N) is 2. The van der Waals surface area contributed by atoms with E-state index in [4.69, 9.17) is 9.73 Å². The molecule has 6 heteroatoms. The summed E-state index contributed by atoms with van der Waals surface area (Å²) in [6, 6.07) is 28.3. The molecule has 212 valence electrons. The molecule has 4 aromatic rings. The third-order valence-corrected chi connectivity index (χ3v) is 7.98. The van der Waals surface area contributed by atoms with E-state index >= 15 is 0 Å². The van der Waals surface area contributed by atoms with Gasteiger partial charge in [0.15, 0.2) is 5.17 Å². The summed E-state index contributed by atoms with van der Waals surface area (Å²) >= 11 is 1.36. The zero-order valence-corrected chi connectivity index (χ0v) is 24.7. The molecule has 1 heterocycles. The monoisotopic (exact) mass is 576 g/mol. The molecule has 5 rings (SSSR count). The van der Waals surface area contributed by atoms with Gasteiger partial charge in [0.25, 0.3) is 5.91 Å². The van der Waals surface area contributed by atoms with Crippen molar-refractivity contribution < 1.29 is 13.9 Å². The molecule has 4 aromatic carbocycles. The van der Waals surface area contributed by atoms with Crippen molar-refractivity contribution in [3.63, 3.8) is 0 Å². The number of amidine groups is 1. The number of carbonyl (C=O) groups excluding carboxylic acids is 1. The quantitative estimate of drug-likeness (QED) is 0.140. The highest BCUT2D eigenvalue weighted by molar-refractivity contribution is 8.19. The van der Waals surface area contributed by atoms with Crippen LogP contribution in [0.15, 0.2) is 114 Å². The van der Waals surface area contributed by atoms with E-state index in [1.165, 1.54) is 35.0 Å². The van der Waals surface area contributed by atoms with Gasteiger partial charge in [0.05, 0.1) is 16.3 Å². The summed E-state index contributed by atoms with van der Waals surface area (Å²) in [5.41, 5.74) is 6.58. The van der Waals surface area contributed by atoms with Crippen LogP contribution in [0.25, 0.3) is 6.08 Å². The Morgan fingerprint density at radius 3 is 2.29 bits per heavy atom. The predicted molar refractivity (Wildman–Crippen MR) is 173 cm³/mol. The van der Waals surface area contributed by atoms with Gasteiger partial charge in [-0.2, -0.15) is 0 Å². The second-order valence-corrected chi connectivity index (χ2v) is 11.0. The maximum atomic E-state index is 13.8. The fourth-order valence-electron chi connectivity index (χ4n) is 4.66. The molecule has 0 aliphatic carbocycles. The Kier molecular flexibility index (Phi) is 9.35. The van der Waals surface area contributed by atoms with Gasteiger partial charge in [-0.1, -0.05) is 62.4 Å². The number of thioether (sulfide) groups is 1. The molecule has 0 spiro atoms. The first-order valence-corrected chi connectivity index (χ1v) is 14.9. The Morgan fingerprint density at radius 2 is 1.62 bits per heavy atom. The second-order valence-electron chi connectivity index (χ2n) is 9.96. The molecule has 42 heavy (non-hydrogen) atoms. The number of amides is 1. The number of halogens is 1. The number of hydrogen-bond acceptors (Lipinski definition) is 4. The number of allylic oxidation sites excluding steroid dienone is 1. The first kappa shape index (κ1) is 29.1. The molecule has 0 radical (unpaired) electrons. The maximum Gasteiger partial charge on any atom is 0.271 e. The minimum Gasteiger partial charge on any atom is -0.489 e. The van der Waals surface area contributed by atoms with Crippen molar-refractivity contribution in [1.82, 2.24) is 0 Å². The summed E-state index contributed by atoms with van der Waals surface area (Å²) in [7, 11) is 0. The lowest BCUT2D eigenvalue weighted by Gasteiger charge is -2.16. The summed E-state index contributed by atoms with van der Waals surface area (Å²) in [4.78, 5) is 21.0. The summed E-state index contributed by atoms with van der Waals surface area (Å²) in [6.45, 7) is 8.37. The highest BCUT2D eigenvalue weighted by Gasteiger charge is 2.34. The topological polar surface area (TPSA) is 41.9 Å². The van der Waals surface area contributed by atoms with E-state index in [-0.39, 0.29) is 18.3 Å². The number of carbonyl (C=O) groups is 1. The third kappa shape index (κ3) is 6.89. The van der Waals surface area contributed by atoms with E-state index < -0.39 is 0 Å². The minimum absolute atomic E-state index is 0.120. The first-order chi connectivity index (χ1) is 20.5. The van der Waals surface area contributed by atoms with Gasteiger partial charge in [-0.25, -0.2) is 9.38 Å². The molecule has 0 atom stereocenters. The normalized spacial score (nSPS) is 15.0. The number of anilines is 1. The van der Waals surface area contributed by atoms with Crippen LogP contribution >= 0.6 is 11.8 Å². The molecular weight excluding hydrogens is 543 g/mol. The largest absolute Gasteiger partial charge is 0.489 e. The van der Waals surface area contributed by atoms with E-state index in [1.807, 2.05) is 72.8 Å². The maximum absolute atomic E-state index is 13.8. The van der Waals surface area contributed by atoms with Crippen molar-refractivity contribution in [2.75, 3.05) is 4.90 Å². The van der Waals surface area contributed by atoms with Crippen LogP contribution in [-0.4, -0.2) is 11.1 Å². The Bertz CT molecular complexity index is 1640. The van der Waals surface area contributed by atoms with Gasteiger partial charge in [-0.3, -0.25) is 9.69 Å². The van der Waals surface area contributed by atoms with Crippen LogP contribution < -0.4 is 9.64 Å². The summed E-state index contributed by atoms with van der Waals surface area (Å²) in [5.74, 6) is 0.284. The number of benzene rings is 4. The standard InChI is InChI=1S/C36H33FN2O2S/c1-4-8-29-21-27(15-20-33(29)41-24-28-9-7-10-30(37)22-28)23-34-35(40)39(32-18-13-26(6-3)14-19-32)36(42-34)38-31-16-11-25(5-2)12-17-31/h4,7,9-23H,1,5-6,8,24H2,2-3H3/b34-23-,38-36?. The van der Waals surface area contributed by atoms with E-state index in [0.717, 1.165) is 40.9 Å². The van der Waals surface area contributed by atoms with Gasteiger partial charge in [-0.15, -0.1) is 6.58 Å². The fourth-order valence-corrected chi connectivity index (χ4v) is 5.66. The summed E-state index contributed by atoms with van der Waals surface area (Å²) in [5, 5.41) is 0.612. The van der Waals surface area contributed by atoms with E-state index in [9.17, 15) is 9.18 Å². The van der Waals surface area contributed by atoms with Gasteiger partial charge in [0, 0.05) is 0 Å². The van der Waals surface area contributed by atoms with Crippen LogP contribution in [0, 0.1) is 5.82 Å². The zero-order valence-electron chi connectivity index (χ0n) is 23.8. The number of hydrogen-bond donors (Lipinski definition) is 0. The van der Waals surface area contributed by atoms with E-state index in [2.05, 4.69) is 32.6 Å². The second kappa shape index (κ2) is 13.5. The molecule has 4 nitrogen and oxygen atoms in total. The molecule has 0 saturated carbocycles. The Hall–Kier alpha value is -4.42. The van der Waals surface area contributed by atoms with Crippen LogP contribution in [-0.2, 0) is 30.7 Å². The summed E-state index contributed by atoms with van der Waals surface area (Å²) < 4.78 is 19.6. The minimum atomic E-state index is -0.292. The van der Waals surface area contributed by atoms with Crippen molar-refractivity contribution in [3.05, 3.63) is 142 Å². The molecule has 0 aromatic heterocycles. The van der Waals surface area contributed by atoms with Crippen molar-refractivity contribution in [2.24, 2.45) is 4.99 Å². The number of aryl methyl sites for hydroxylation is 2. The highest BCUT2D eigenvalue weighted by atomic mass is 32.2. The number of aliphatic imine (C=N–C) groups is 1. The van der Waals surface area contributed by atoms with Crippen molar-refractivity contribution in [3.8, 4) is 5.75 Å². The van der Waals surface area contributed by atoms with Crippen molar-refractivity contribution >= 4 is 40.3 Å². The smallest absolute Gasteiger partial charge is 0.271 e. The molecule has 1 amide bonds. The van der Waals surface area contributed by atoms with Crippen LogP contribution in [0.1, 0.15) is 41.7 Å². The van der Waals surface area contributed by atoms with Crippen LogP contribution in [0.3, 0.4) is 0 Å². The van der Waals surface area contributed by atoms with Gasteiger partial charge >= 0.3 is 0 Å². The molecule has 0 N–H and O–H groups in total. The summed E-state index contributed by atoms with van der Waals surface area (Å²) in [6.07, 6.45) is 6.18. The van der Waals surface area contributed by atoms with Crippen LogP contribution in [0.5, 0.6) is 5.75 Å². The zero-order chi connectivity index (χ0) is 29.5. The third-order valence-electron chi connectivity index (χ3n) is 7.01. The van der Waals surface area contributed by atoms with Gasteiger partial charge < -0.3 is 4.74 Å². The molecule has 1 fully saturated rings. The Morgan fingerprint density at radius 1 is 0.905 bits per heavy atom. The number of ether oxygens (including phenoxy) is 1. The van der Waals surface area contributed by atoms with Crippen LogP contribution in [0.4, 0.5) is 15.8 Å². The highest BCUT2D eigenvalue weighted by Crippen LogP contribution is 2.38. The van der Waals surface area contributed by atoms with E-state index in [0.29, 0.717) is 22.2 Å². The Labute approximate surface area is 251 Å². The van der Waals surface area contributed by atoms with Crippen molar-refractivity contribution in [1.29, 1.82) is 0 Å². The fraction of sp³-hybridized carbons (Fsp3) is 0.167. The van der Waals surface area contributed by atoms with Crippen LogP contribution in [0.2, 0.25) is 0 Å². The average molecular weight is 577 g/mol. The van der Waals surface area contributed by atoms with Gasteiger partial charge in [0.2, 0.25) is 0 Å². The molecule has 0 bridgehead atoms. The predicted octanol–water partition coefficient (Wildman–Crippen LogP) is 9.07.